The van der Waals surface area contributed by atoms with Gasteiger partial charge in [0.05, 0.1) is 17.3 Å². The highest BCUT2D eigenvalue weighted by Crippen LogP contribution is 2.19. The third kappa shape index (κ3) is 4.12. The summed E-state index contributed by atoms with van der Waals surface area (Å²) in [5.41, 5.74) is 0.942. The number of thiazole rings is 1. The van der Waals surface area contributed by atoms with Gasteiger partial charge in [0, 0.05) is 13.0 Å². The highest BCUT2D eigenvalue weighted by molar-refractivity contribution is 7.13. The van der Waals surface area contributed by atoms with Crippen molar-refractivity contribution in [3.8, 4) is 6.07 Å². The van der Waals surface area contributed by atoms with Gasteiger partial charge in [-0.2, -0.15) is 5.26 Å². The van der Waals surface area contributed by atoms with Crippen molar-refractivity contribution in [3.63, 3.8) is 0 Å². The summed E-state index contributed by atoms with van der Waals surface area (Å²) in [5.74, 6) is -0.434. The molecule has 0 aliphatic carbocycles. The largest absolute Gasteiger partial charge is 0.325 e. The first-order valence-corrected chi connectivity index (χ1v) is 7.81. The van der Waals surface area contributed by atoms with Gasteiger partial charge in [-0.3, -0.25) is 4.79 Å². The lowest BCUT2D eigenvalue weighted by Crippen LogP contribution is -2.31. The third-order valence-corrected chi connectivity index (χ3v) is 4.06. The number of hydrogen-bond acceptors (Lipinski definition) is 4. The van der Waals surface area contributed by atoms with E-state index in [2.05, 4.69) is 4.98 Å². The van der Waals surface area contributed by atoms with E-state index < -0.39 is 0 Å². The van der Waals surface area contributed by atoms with E-state index in [0.717, 1.165) is 17.0 Å². The molecule has 2 aromatic rings. The lowest BCUT2D eigenvalue weighted by atomic mass is 10.2. The number of nitriles is 1. The molecule has 6 heteroatoms. The van der Waals surface area contributed by atoms with Crippen molar-refractivity contribution >= 4 is 17.2 Å². The van der Waals surface area contributed by atoms with Crippen molar-refractivity contribution in [3.05, 3.63) is 51.7 Å². The number of benzene rings is 1. The molecular weight excluding hydrogens is 301 g/mol. The van der Waals surface area contributed by atoms with Gasteiger partial charge in [-0.1, -0.05) is 19.1 Å². The van der Waals surface area contributed by atoms with Gasteiger partial charge in [0.15, 0.2) is 0 Å². The maximum Gasteiger partial charge on any atom is 0.266 e. The van der Waals surface area contributed by atoms with Crippen LogP contribution in [0.3, 0.4) is 0 Å². The number of halogens is 1. The minimum atomic E-state index is -0.273. The van der Waals surface area contributed by atoms with Crippen molar-refractivity contribution in [2.45, 2.75) is 19.8 Å². The summed E-state index contributed by atoms with van der Waals surface area (Å²) >= 11 is 1.31. The number of carbonyl (C=O) groups is 1. The van der Waals surface area contributed by atoms with Crippen LogP contribution in [-0.4, -0.2) is 28.9 Å². The predicted octanol–water partition coefficient (Wildman–Crippen LogP) is 3.25. The summed E-state index contributed by atoms with van der Waals surface area (Å²) in [6.07, 6.45) is 2.91. The molecule has 0 aliphatic rings. The Morgan fingerprint density at radius 1 is 1.41 bits per heavy atom. The first-order chi connectivity index (χ1) is 10.6. The average Bonchev–Trinajstić information content (AvgIpc) is 2.97. The van der Waals surface area contributed by atoms with Gasteiger partial charge in [0.2, 0.25) is 0 Å². The number of rotatable bonds is 6. The second kappa shape index (κ2) is 7.66. The maximum absolute atomic E-state index is 12.9. The zero-order chi connectivity index (χ0) is 15.9. The highest BCUT2D eigenvalue weighted by atomic mass is 32.1. The molecule has 22 heavy (non-hydrogen) atoms. The second-order valence-electron chi connectivity index (χ2n) is 4.81. The van der Waals surface area contributed by atoms with Crippen LogP contribution in [0.4, 0.5) is 4.39 Å². The van der Waals surface area contributed by atoms with E-state index in [1.165, 1.54) is 28.4 Å². The average molecular weight is 317 g/mol. The van der Waals surface area contributed by atoms with Crippen LogP contribution in [0.2, 0.25) is 0 Å². The topological polar surface area (TPSA) is 57.0 Å². The molecule has 0 bridgehead atoms. The van der Waals surface area contributed by atoms with E-state index in [1.54, 1.807) is 18.3 Å². The van der Waals surface area contributed by atoms with E-state index >= 15 is 0 Å². The van der Waals surface area contributed by atoms with Gasteiger partial charge < -0.3 is 4.90 Å². The number of hydrogen-bond donors (Lipinski definition) is 0. The summed E-state index contributed by atoms with van der Waals surface area (Å²) in [4.78, 5) is 18.6. The van der Waals surface area contributed by atoms with Crippen molar-refractivity contribution in [2.24, 2.45) is 0 Å². The Balaban J connectivity index is 2.08. The Hall–Kier alpha value is -2.26. The molecule has 0 saturated heterocycles. The molecule has 1 aromatic heterocycles. The fraction of sp³-hybridized carbons (Fsp3) is 0.312. The predicted molar refractivity (Wildman–Crippen MR) is 83.1 cm³/mol. The Morgan fingerprint density at radius 2 is 2.14 bits per heavy atom. The first kappa shape index (κ1) is 16.1. The summed E-state index contributed by atoms with van der Waals surface area (Å²) in [5, 5.41) is 9.59. The second-order valence-corrected chi connectivity index (χ2v) is 5.92. The van der Waals surface area contributed by atoms with Gasteiger partial charge in [-0.25, -0.2) is 9.37 Å². The lowest BCUT2D eigenvalue weighted by Gasteiger charge is -2.17. The minimum absolute atomic E-state index is 0.0812. The van der Waals surface area contributed by atoms with Gasteiger partial charge in [0.25, 0.3) is 5.91 Å². The van der Waals surface area contributed by atoms with E-state index in [9.17, 15) is 9.18 Å². The number of carbonyl (C=O) groups excluding carboxylic acids is 1. The Morgan fingerprint density at radius 3 is 2.77 bits per heavy atom. The molecule has 0 aliphatic heterocycles. The lowest BCUT2D eigenvalue weighted by molar-refractivity contribution is 0.0780. The molecule has 0 radical (unpaired) electrons. The van der Waals surface area contributed by atoms with E-state index in [-0.39, 0.29) is 18.3 Å². The Bertz CT molecular complexity index is 675. The van der Waals surface area contributed by atoms with Crippen LogP contribution in [0.5, 0.6) is 0 Å². The third-order valence-electron chi connectivity index (χ3n) is 3.08. The minimum Gasteiger partial charge on any atom is -0.325 e. The van der Waals surface area contributed by atoms with Crippen LogP contribution in [0, 0.1) is 17.1 Å². The summed E-state index contributed by atoms with van der Waals surface area (Å²) in [6.45, 7) is 2.60. The summed E-state index contributed by atoms with van der Waals surface area (Å²) in [6, 6.07) is 8.24. The van der Waals surface area contributed by atoms with Crippen LogP contribution >= 0.6 is 11.3 Å². The molecule has 114 valence electrons. The number of nitrogens with zero attached hydrogens (tertiary/aromatic N) is 3. The van der Waals surface area contributed by atoms with E-state index in [4.69, 9.17) is 5.26 Å². The van der Waals surface area contributed by atoms with Crippen molar-refractivity contribution < 1.29 is 9.18 Å². The maximum atomic E-state index is 12.9. The van der Waals surface area contributed by atoms with Crippen LogP contribution in [0.25, 0.3) is 0 Å². The fourth-order valence-electron chi connectivity index (χ4n) is 2.03. The van der Waals surface area contributed by atoms with E-state index in [1.807, 2.05) is 13.0 Å². The van der Waals surface area contributed by atoms with Crippen molar-refractivity contribution in [2.75, 3.05) is 13.1 Å². The molecule has 1 aromatic carbocycles. The van der Waals surface area contributed by atoms with Crippen molar-refractivity contribution in [1.29, 1.82) is 5.26 Å². The smallest absolute Gasteiger partial charge is 0.266 e. The van der Waals surface area contributed by atoms with Crippen molar-refractivity contribution in [1.82, 2.24) is 9.88 Å². The van der Waals surface area contributed by atoms with Gasteiger partial charge in [-0.15, -0.1) is 11.3 Å². The summed E-state index contributed by atoms with van der Waals surface area (Å²) in [7, 11) is 0. The zero-order valence-corrected chi connectivity index (χ0v) is 13.1. The normalized spacial score (nSPS) is 10.2. The van der Waals surface area contributed by atoms with Crippen LogP contribution in [0.15, 0.2) is 30.5 Å². The molecule has 0 unspecified atom stereocenters. The van der Waals surface area contributed by atoms with Crippen LogP contribution < -0.4 is 0 Å². The van der Waals surface area contributed by atoms with Crippen LogP contribution in [0.1, 0.15) is 33.6 Å². The highest BCUT2D eigenvalue weighted by Gasteiger charge is 2.17. The molecule has 0 N–H and O–H groups in total. The first-order valence-electron chi connectivity index (χ1n) is 6.99. The SMILES string of the molecule is CCCN(CC#N)C(=O)c1cnc(Cc2ccc(F)cc2)s1. The van der Waals surface area contributed by atoms with Gasteiger partial charge in [0.1, 0.15) is 17.2 Å². The molecular formula is C16H16FN3OS. The molecule has 4 nitrogen and oxygen atoms in total. The van der Waals surface area contributed by atoms with Gasteiger partial charge >= 0.3 is 0 Å². The summed E-state index contributed by atoms with van der Waals surface area (Å²) < 4.78 is 12.9. The fourth-order valence-corrected chi connectivity index (χ4v) is 2.95. The number of amides is 1. The molecule has 1 heterocycles. The molecule has 0 saturated carbocycles. The molecule has 0 fully saturated rings. The molecule has 1 amide bonds. The standard InChI is InChI=1S/C16H16FN3OS/c1-2-8-20(9-7-18)16(21)14-11-19-15(22-14)10-12-3-5-13(17)6-4-12/h3-6,11H,2,8-10H2,1H3. The monoisotopic (exact) mass is 317 g/mol. The van der Waals surface area contributed by atoms with Gasteiger partial charge in [-0.05, 0) is 24.1 Å². The molecule has 0 spiro atoms. The van der Waals surface area contributed by atoms with E-state index in [0.29, 0.717) is 17.8 Å². The zero-order valence-electron chi connectivity index (χ0n) is 12.3. The number of aromatic nitrogens is 1. The van der Waals surface area contributed by atoms with Crippen LogP contribution in [-0.2, 0) is 6.42 Å². The molecule has 0 atom stereocenters. The molecule has 2 rings (SSSR count). The Labute approximate surface area is 132 Å². The quantitative estimate of drug-likeness (QED) is 0.769. The Kier molecular flexibility index (Phi) is 5.61.